The average Bonchev–Trinajstić information content (AvgIpc) is 2.45. The molecule has 0 saturated carbocycles. The lowest BCUT2D eigenvalue weighted by Gasteiger charge is -2.15. The van der Waals surface area contributed by atoms with Gasteiger partial charge in [0.1, 0.15) is 6.61 Å². The molecule has 1 rings (SSSR count). The molecule has 0 N–H and O–H groups in total. The summed E-state index contributed by atoms with van der Waals surface area (Å²) < 4.78 is 11.2. The van der Waals surface area contributed by atoms with Crippen LogP contribution in [0.3, 0.4) is 0 Å². The standard InChI is InChI=1S/C16H25NO2/c1-4-17(5-2)13-9-10-14-19-16-12-8-7-11-15(16)18-6-3/h7-12H,4-6,13-14H2,1-3H3/b10-9+. The quantitative estimate of drug-likeness (QED) is 0.638. The van der Waals surface area contributed by atoms with Crippen LogP contribution in [-0.4, -0.2) is 37.7 Å². The predicted octanol–water partition coefficient (Wildman–Crippen LogP) is 3.36. The second-order valence-electron chi connectivity index (χ2n) is 4.15. The van der Waals surface area contributed by atoms with E-state index in [2.05, 4.69) is 30.9 Å². The first-order chi connectivity index (χ1) is 9.31. The number of likely N-dealkylation sites (N-methyl/N-ethyl adjacent to an activating group) is 1. The summed E-state index contributed by atoms with van der Waals surface area (Å²) in [5.74, 6) is 1.61. The van der Waals surface area contributed by atoms with Crippen molar-refractivity contribution in [1.82, 2.24) is 4.90 Å². The van der Waals surface area contributed by atoms with Gasteiger partial charge in [-0.25, -0.2) is 0 Å². The Morgan fingerprint density at radius 1 is 0.947 bits per heavy atom. The predicted molar refractivity (Wildman–Crippen MR) is 80.0 cm³/mol. The van der Waals surface area contributed by atoms with Crippen LogP contribution in [0.5, 0.6) is 11.5 Å². The third-order valence-corrected chi connectivity index (χ3v) is 2.91. The Balaban J connectivity index is 2.38. The van der Waals surface area contributed by atoms with Crippen LogP contribution in [0.4, 0.5) is 0 Å². The maximum absolute atomic E-state index is 5.71. The third-order valence-electron chi connectivity index (χ3n) is 2.91. The van der Waals surface area contributed by atoms with Crippen LogP contribution in [0.25, 0.3) is 0 Å². The van der Waals surface area contributed by atoms with Crippen molar-refractivity contribution in [2.24, 2.45) is 0 Å². The second-order valence-corrected chi connectivity index (χ2v) is 4.15. The van der Waals surface area contributed by atoms with Gasteiger partial charge in [-0.1, -0.05) is 38.1 Å². The highest BCUT2D eigenvalue weighted by Gasteiger charge is 2.01. The largest absolute Gasteiger partial charge is 0.490 e. The zero-order chi connectivity index (χ0) is 13.9. The summed E-state index contributed by atoms with van der Waals surface area (Å²) in [4.78, 5) is 2.35. The number of rotatable bonds is 9. The number of nitrogens with zero attached hydrogens (tertiary/aromatic N) is 1. The molecule has 1 aromatic rings. The molecule has 19 heavy (non-hydrogen) atoms. The molecule has 0 aromatic heterocycles. The molecule has 0 spiro atoms. The van der Waals surface area contributed by atoms with E-state index in [4.69, 9.17) is 9.47 Å². The van der Waals surface area contributed by atoms with Crippen molar-refractivity contribution in [2.75, 3.05) is 32.8 Å². The van der Waals surface area contributed by atoms with E-state index < -0.39 is 0 Å². The van der Waals surface area contributed by atoms with Gasteiger partial charge in [-0.15, -0.1) is 0 Å². The summed E-state index contributed by atoms with van der Waals surface area (Å²) in [6.07, 6.45) is 4.21. The first-order valence-corrected chi connectivity index (χ1v) is 7.03. The van der Waals surface area contributed by atoms with E-state index in [1.54, 1.807) is 0 Å². The fraction of sp³-hybridized carbons (Fsp3) is 0.500. The molecule has 0 aliphatic rings. The van der Waals surface area contributed by atoms with Crippen molar-refractivity contribution in [2.45, 2.75) is 20.8 Å². The van der Waals surface area contributed by atoms with Crippen molar-refractivity contribution in [3.8, 4) is 11.5 Å². The minimum absolute atomic E-state index is 0.575. The minimum atomic E-state index is 0.575. The zero-order valence-corrected chi connectivity index (χ0v) is 12.3. The Hall–Kier alpha value is -1.48. The van der Waals surface area contributed by atoms with Gasteiger partial charge in [0.05, 0.1) is 6.61 Å². The molecule has 0 radical (unpaired) electrons. The van der Waals surface area contributed by atoms with Gasteiger partial charge in [0.2, 0.25) is 0 Å². The van der Waals surface area contributed by atoms with E-state index in [0.717, 1.165) is 31.1 Å². The first kappa shape index (κ1) is 15.6. The van der Waals surface area contributed by atoms with Crippen LogP contribution in [0.2, 0.25) is 0 Å². The van der Waals surface area contributed by atoms with Gasteiger partial charge in [-0.2, -0.15) is 0 Å². The first-order valence-electron chi connectivity index (χ1n) is 7.03. The molecule has 106 valence electrons. The Kier molecular flexibility index (Phi) is 7.75. The Morgan fingerprint density at radius 3 is 2.16 bits per heavy atom. The van der Waals surface area contributed by atoms with E-state index >= 15 is 0 Å². The van der Waals surface area contributed by atoms with Gasteiger partial charge < -0.3 is 14.4 Å². The van der Waals surface area contributed by atoms with Gasteiger partial charge in [0.15, 0.2) is 11.5 Å². The Morgan fingerprint density at radius 2 is 1.58 bits per heavy atom. The van der Waals surface area contributed by atoms with Crippen molar-refractivity contribution in [1.29, 1.82) is 0 Å². The van der Waals surface area contributed by atoms with Crippen LogP contribution >= 0.6 is 0 Å². The monoisotopic (exact) mass is 263 g/mol. The maximum atomic E-state index is 5.71. The van der Waals surface area contributed by atoms with Gasteiger partial charge in [0.25, 0.3) is 0 Å². The molecule has 3 nitrogen and oxygen atoms in total. The summed E-state index contributed by atoms with van der Waals surface area (Å²) in [5, 5.41) is 0. The van der Waals surface area contributed by atoms with Crippen molar-refractivity contribution in [3.05, 3.63) is 36.4 Å². The molecular formula is C16H25NO2. The SMILES string of the molecule is CCOc1ccccc1OC/C=C/CN(CC)CC. The van der Waals surface area contributed by atoms with Crippen LogP contribution in [0.1, 0.15) is 20.8 Å². The number of ether oxygens (including phenoxy) is 2. The molecule has 0 unspecified atom stereocenters. The minimum Gasteiger partial charge on any atom is -0.490 e. The molecule has 0 heterocycles. The van der Waals surface area contributed by atoms with Crippen LogP contribution in [-0.2, 0) is 0 Å². The summed E-state index contributed by atoms with van der Waals surface area (Å²) in [6.45, 7) is 10.7. The smallest absolute Gasteiger partial charge is 0.161 e. The fourth-order valence-corrected chi connectivity index (χ4v) is 1.76. The van der Waals surface area contributed by atoms with E-state index in [0.29, 0.717) is 13.2 Å². The van der Waals surface area contributed by atoms with Gasteiger partial charge in [0, 0.05) is 6.54 Å². The van der Waals surface area contributed by atoms with Gasteiger partial charge in [-0.3, -0.25) is 0 Å². The summed E-state index contributed by atoms with van der Waals surface area (Å²) in [7, 11) is 0. The molecule has 0 bridgehead atoms. The second kappa shape index (κ2) is 9.45. The van der Waals surface area contributed by atoms with Gasteiger partial charge >= 0.3 is 0 Å². The van der Waals surface area contributed by atoms with Crippen LogP contribution in [0.15, 0.2) is 36.4 Å². The molecule has 0 aliphatic carbocycles. The number of hydrogen-bond donors (Lipinski definition) is 0. The normalized spacial score (nSPS) is 11.2. The summed E-state index contributed by atoms with van der Waals surface area (Å²) >= 11 is 0. The summed E-state index contributed by atoms with van der Waals surface area (Å²) in [5.41, 5.74) is 0. The lowest BCUT2D eigenvalue weighted by molar-refractivity contribution is 0.296. The van der Waals surface area contributed by atoms with Crippen LogP contribution in [0, 0.1) is 0 Å². The zero-order valence-electron chi connectivity index (χ0n) is 12.3. The summed E-state index contributed by atoms with van der Waals surface area (Å²) in [6, 6.07) is 7.77. The Labute approximate surface area is 116 Å². The van der Waals surface area contributed by atoms with E-state index in [1.807, 2.05) is 31.2 Å². The van der Waals surface area contributed by atoms with Crippen molar-refractivity contribution >= 4 is 0 Å². The number of para-hydroxylation sites is 2. The molecule has 0 amide bonds. The molecule has 0 saturated heterocycles. The highest BCUT2D eigenvalue weighted by atomic mass is 16.5. The van der Waals surface area contributed by atoms with E-state index in [1.165, 1.54) is 0 Å². The molecule has 1 aromatic carbocycles. The third kappa shape index (κ3) is 5.79. The molecule has 3 heteroatoms. The lowest BCUT2D eigenvalue weighted by Crippen LogP contribution is -2.22. The van der Waals surface area contributed by atoms with E-state index in [-0.39, 0.29) is 0 Å². The average molecular weight is 263 g/mol. The number of benzene rings is 1. The highest BCUT2D eigenvalue weighted by Crippen LogP contribution is 2.26. The van der Waals surface area contributed by atoms with Crippen molar-refractivity contribution < 1.29 is 9.47 Å². The lowest BCUT2D eigenvalue weighted by atomic mass is 10.3. The molecule has 0 aliphatic heterocycles. The maximum Gasteiger partial charge on any atom is 0.161 e. The van der Waals surface area contributed by atoms with Crippen LogP contribution < -0.4 is 9.47 Å². The fourth-order valence-electron chi connectivity index (χ4n) is 1.76. The highest BCUT2D eigenvalue weighted by molar-refractivity contribution is 5.39. The Bertz CT molecular complexity index is 373. The topological polar surface area (TPSA) is 21.7 Å². The molecule has 0 fully saturated rings. The van der Waals surface area contributed by atoms with Gasteiger partial charge in [-0.05, 0) is 32.1 Å². The molecular weight excluding hydrogens is 238 g/mol. The van der Waals surface area contributed by atoms with Crippen molar-refractivity contribution in [3.63, 3.8) is 0 Å². The van der Waals surface area contributed by atoms with E-state index in [9.17, 15) is 0 Å². The molecule has 0 atom stereocenters. The number of hydrogen-bond acceptors (Lipinski definition) is 3.